The molecular weight excluding hydrogens is 214 g/mol. The zero-order valence-corrected chi connectivity index (χ0v) is 9.96. The fraction of sp³-hybridized carbons (Fsp3) is 0.333. The second kappa shape index (κ2) is 3.76. The van der Waals surface area contributed by atoms with E-state index >= 15 is 0 Å². The van der Waals surface area contributed by atoms with Crippen LogP contribution >= 0.6 is 0 Å². The molecule has 3 N–H and O–H groups in total. The van der Waals surface area contributed by atoms with Gasteiger partial charge in [-0.05, 0) is 26.0 Å². The number of nitrogens with zero attached hydrogens (tertiary/aromatic N) is 2. The monoisotopic (exact) mass is 229 g/mol. The second-order valence-electron chi connectivity index (χ2n) is 4.24. The first-order valence-corrected chi connectivity index (χ1v) is 5.75. The van der Waals surface area contributed by atoms with Gasteiger partial charge in [-0.15, -0.1) is 0 Å². The van der Waals surface area contributed by atoms with Crippen LogP contribution in [0, 0.1) is 13.8 Å². The van der Waals surface area contributed by atoms with Crippen molar-refractivity contribution in [1.82, 2.24) is 15.3 Å². The molecule has 1 aliphatic heterocycles. The molecule has 5 heteroatoms. The number of imidazole rings is 1. The second-order valence-corrected chi connectivity index (χ2v) is 4.24. The number of aliphatic imine (C=N–C) groups is 1. The van der Waals surface area contributed by atoms with Crippen molar-refractivity contribution in [3.63, 3.8) is 0 Å². The van der Waals surface area contributed by atoms with Crippen molar-refractivity contribution >= 4 is 22.7 Å². The molecule has 5 nitrogen and oxygen atoms in total. The number of hydrogen-bond donors (Lipinski definition) is 3. The summed E-state index contributed by atoms with van der Waals surface area (Å²) in [5, 5.41) is 6.49. The van der Waals surface area contributed by atoms with Gasteiger partial charge in [0.15, 0.2) is 5.96 Å². The van der Waals surface area contributed by atoms with Gasteiger partial charge in [0, 0.05) is 17.8 Å². The molecule has 0 fully saturated rings. The van der Waals surface area contributed by atoms with Gasteiger partial charge in [-0.1, -0.05) is 0 Å². The zero-order chi connectivity index (χ0) is 11.8. The number of H-pyrrole nitrogens is 1. The van der Waals surface area contributed by atoms with Gasteiger partial charge in [0.1, 0.15) is 5.82 Å². The topological polar surface area (TPSA) is 65.1 Å². The summed E-state index contributed by atoms with van der Waals surface area (Å²) in [7, 11) is 0. The lowest BCUT2D eigenvalue weighted by Crippen LogP contribution is -2.26. The van der Waals surface area contributed by atoms with Crippen LogP contribution in [0.15, 0.2) is 17.1 Å². The standard InChI is InChI=1S/C12H15N5/c1-7-9(17-12-13-5-6-14-12)3-4-10-11(7)16-8(2)15-10/h3-4H,5-6H2,1-2H3,(H,15,16)(H2,13,14,17). The van der Waals surface area contributed by atoms with E-state index in [4.69, 9.17) is 0 Å². The Morgan fingerprint density at radius 2 is 2.18 bits per heavy atom. The lowest BCUT2D eigenvalue weighted by atomic mass is 10.1. The molecule has 88 valence electrons. The van der Waals surface area contributed by atoms with Crippen molar-refractivity contribution in [3.8, 4) is 0 Å². The molecule has 0 radical (unpaired) electrons. The normalized spacial score (nSPS) is 14.8. The van der Waals surface area contributed by atoms with E-state index in [1.54, 1.807) is 0 Å². The van der Waals surface area contributed by atoms with E-state index in [0.29, 0.717) is 0 Å². The van der Waals surface area contributed by atoms with Gasteiger partial charge >= 0.3 is 0 Å². The minimum atomic E-state index is 0.838. The Morgan fingerprint density at radius 1 is 1.29 bits per heavy atom. The van der Waals surface area contributed by atoms with Crippen molar-refractivity contribution in [2.45, 2.75) is 13.8 Å². The Bertz CT molecular complexity index is 596. The van der Waals surface area contributed by atoms with Crippen LogP contribution in [0.25, 0.3) is 11.0 Å². The Kier molecular flexibility index (Phi) is 2.24. The lowest BCUT2D eigenvalue weighted by Gasteiger charge is -2.09. The highest BCUT2D eigenvalue weighted by Gasteiger charge is 2.10. The molecule has 0 bridgehead atoms. The summed E-state index contributed by atoms with van der Waals surface area (Å²) in [5.41, 5.74) is 4.29. The maximum absolute atomic E-state index is 4.49. The average Bonchev–Trinajstić information content (AvgIpc) is 2.91. The highest BCUT2D eigenvalue weighted by Crippen LogP contribution is 2.23. The van der Waals surface area contributed by atoms with Crippen molar-refractivity contribution < 1.29 is 0 Å². The summed E-state index contributed by atoms with van der Waals surface area (Å²) in [6, 6.07) is 4.10. The molecule has 0 atom stereocenters. The van der Waals surface area contributed by atoms with E-state index < -0.39 is 0 Å². The largest absolute Gasteiger partial charge is 0.354 e. The third-order valence-electron chi connectivity index (χ3n) is 2.95. The average molecular weight is 229 g/mol. The first kappa shape index (κ1) is 10.1. The van der Waals surface area contributed by atoms with Crippen molar-refractivity contribution in [3.05, 3.63) is 23.5 Å². The minimum Gasteiger partial charge on any atom is -0.354 e. The van der Waals surface area contributed by atoms with Crippen LogP contribution in [-0.4, -0.2) is 29.0 Å². The number of aromatic amines is 1. The number of hydrogen-bond acceptors (Lipinski definition) is 4. The van der Waals surface area contributed by atoms with Gasteiger partial charge in [0.25, 0.3) is 0 Å². The van der Waals surface area contributed by atoms with E-state index in [1.165, 1.54) is 0 Å². The van der Waals surface area contributed by atoms with Gasteiger partial charge in [-0.25, -0.2) is 4.98 Å². The quantitative estimate of drug-likeness (QED) is 0.695. The lowest BCUT2D eigenvalue weighted by molar-refractivity contribution is 0.959. The number of nitrogens with one attached hydrogen (secondary N) is 3. The molecule has 1 aromatic heterocycles. The maximum Gasteiger partial charge on any atom is 0.195 e. The smallest absolute Gasteiger partial charge is 0.195 e. The number of anilines is 1. The Labute approximate surface area is 99.4 Å². The molecule has 2 aromatic rings. The van der Waals surface area contributed by atoms with Crippen molar-refractivity contribution in [2.75, 3.05) is 18.4 Å². The highest BCUT2D eigenvalue weighted by molar-refractivity contribution is 5.97. The molecule has 0 aliphatic carbocycles. The van der Waals surface area contributed by atoms with Crippen LogP contribution in [0.2, 0.25) is 0 Å². The predicted octanol–water partition coefficient (Wildman–Crippen LogP) is 1.55. The number of rotatable bonds is 1. The number of aromatic nitrogens is 2. The van der Waals surface area contributed by atoms with Gasteiger partial charge < -0.3 is 15.6 Å². The van der Waals surface area contributed by atoms with E-state index in [0.717, 1.165) is 47.2 Å². The third kappa shape index (κ3) is 1.73. The SMILES string of the molecule is Cc1nc2c(C)c(NC3=NCCN3)ccc2[nH]1. The van der Waals surface area contributed by atoms with Crippen LogP contribution in [0.4, 0.5) is 5.69 Å². The zero-order valence-electron chi connectivity index (χ0n) is 9.96. The van der Waals surface area contributed by atoms with E-state index in [2.05, 4.69) is 38.6 Å². The predicted molar refractivity (Wildman–Crippen MR) is 69.5 cm³/mol. The van der Waals surface area contributed by atoms with Crippen LogP contribution < -0.4 is 10.6 Å². The molecule has 2 heterocycles. The van der Waals surface area contributed by atoms with Crippen molar-refractivity contribution in [2.24, 2.45) is 4.99 Å². The molecular formula is C12H15N5. The summed E-state index contributed by atoms with van der Waals surface area (Å²) < 4.78 is 0. The van der Waals surface area contributed by atoms with Gasteiger partial charge in [-0.2, -0.15) is 0 Å². The third-order valence-corrected chi connectivity index (χ3v) is 2.95. The van der Waals surface area contributed by atoms with E-state index in [9.17, 15) is 0 Å². The first-order chi connectivity index (χ1) is 8.24. The van der Waals surface area contributed by atoms with Crippen molar-refractivity contribution in [1.29, 1.82) is 0 Å². The molecule has 0 spiro atoms. The summed E-state index contributed by atoms with van der Waals surface area (Å²) in [6.45, 7) is 5.78. The van der Waals surface area contributed by atoms with Gasteiger partial charge in [-0.3, -0.25) is 4.99 Å². The van der Waals surface area contributed by atoms with Gasteiger partial charge in [0.2, 0.25) is 0 Å². The fourth-order valence-corrected chi connectivity index (χ4v) is 2.08. The minimum absolute atomic E-state index is 0.838. The van der Waals surface area contributed by atoms with E-state index in [-0.39, 0.29) is 0 Å². The Morgan fingerprint density at radius 3 is 2.94 bits per heavy atom. The van der Waals surface area contributed by atoms with Gasteiger partial charge in [0.05, 0.1) is 17.6 Å². The highest BCUT2D eigenvalue weighted by atomic mass is 15.2. The summed E-state index contributed by atoms with van der Waals surface area (Å²) in [4.78, 5) is 12.1. The molecule has 0 saturated heterocycles. The number of guanidine groups is 1. The van der Waals surface area contributed by atoms with E-state index in [1.807, 2.05) is 13.0 Å². The molecule has 0 amide bonds. The molecule has 1 aromatic carbocycles. The number of aryl methyl sites for hydroxylation is 2. The number of benzene rings is 1. The fourth-order valence-electron chi connectivity index (χ4n) is 2.08. The molecule has 0 saturated carbocycles. The molecule has 0 unspecified atom stereocenters. The summed E-state index contributed by atoms with van der Waals surface area (Å²) in [6.07, 6.45) is 0. The molecule has 3 rings (SSSR count). The van der Waals surface area contributed by atoms with Crippen LogP contribution in [0.1, 0.15) is 11.4 Å². The van der Waals surface area contributed by atoms with Crippen LogP contribution in [-0.2, 0) is 0 Å². The van der Waals surface area contributed by atoms with Crippen LogP contribution in [0.5, 0.6) is 0 Å². The molecule has 1 aliphatic rings. The maximum atomic E-state index is 4.49. The Balaban J connectivity index is 2.01. The first-order valence-electron chi connectivity index (χ1n) is 5.75. The number of fused-ring (bicyclic) bond motifs is 1. The summed E-state index contributed by atoms with van der Waals surface area (Å²) >= 11 is 0. The summed E-state index contributed by atoms with van der Waals surface area (Å²) in [5.74, 6) is 1.79. The van der Waals surface area contributed by atoms with Crippen LogP contribution in [0.3, 0.4) is 0 Å². The molecule has 17 heavy (non-hydrogen) atoms. The Hall–Kier alpha value is -2.04.